The van der Waals surface area contributed by atoms with Crippen LogP contribution in [0, 0.1) is 19.7 Å². The Hall–Kier alpha value is -1.67. The van der Waals surface area contributed by atoms with E-state index in [9.17, 15) is 4.39 Å². The fourth-order valence-electron chi connectivity index (χ4n) is 2.21. The zero-order valence-corrected chi connectivity index (χ0v) is 11.0. The lowest BCUT2D eigenvalue weighted by Gasteiger charge is -2.10. The van der Waals surface area contributed by atoms with Crippen LogP contribution < -0.4 is 5.32 Å². The first-order valence-electron chi connectivity index (χ1n) is 6.12. The topological polar surface area (TPSA) is 12.0 Å². The lowest BCUT2D eigenvalue weighted by atomic mass is 9.97. The molecule has 2 aromatic carbocycles. The van der Waals surface area contributed by atoms with Crippen LogP contribution in [0.4, 0.5) is 4.39 Å². The molecule has 0 aliphatic heterocycles. The number of aryl methyl sites for hydroxylation is 2. The second-order valence-corrected chi connectivity index (χ2v) is 4.65. The summed E-state index contributed by atoms with van der Waals surface area (Å²) in [6.45, 7) is 4.71. The quantitative estimate of drug-likeness (QED) is 0.864. The summed E-state index contributed by atoms with van der Waals surface area (Å²) in [5, 5.41) is 2.99. The Kier molecular flexibility index (Phi) is 3.78. The summed E-state index contributed by atoms with van der Waals surface area (Å²) in [7, 11) is 1.82. The average molecular weight is 243 g/mol. The van der Waals surface area contributed by atoms with E-state index in [-0.39, 0.29) is 5.82 Å². The lowest BCUT2D eigenvalue weighted by molar-refractivity contribution is 0.601. The molecule has 0 fully saturated rings. The maximum atomic E-state index is 13.6. The van der Waals surface area contributed by atoms with Crippen molar-refractivity contribution in [2.75, 3.05) is 7.05 Å². The molecule has 18 heavy (non-hydrogen) atoms. The summed E-state index contributed by atoms with van der Waals surface area (Å²) >= 11 is 0. The summed E-state index contributed by atoms with van der Waals surface area (Å²) in [5.74, 6) is -0.155. The van der Waals surface area contributed by atoms with Gasteiger partial charge in [-0.2, -0.15) is 0 Å². The van der Waals surface area contributed by atoms with Crippen LogP contribution in [0.15, 0.2) is 36.4 Å². The lowest BCUT2D eigenvalue weighted by Crippen LogP contribution is -2.07. The Balaban J connectivity index is 2.47. The minimum absolute atomic E-state index is 0.155. The van der Waals surface area contributed by atoms with Crippen molar-refractivity contribution < 1.29 is 4.39 Å². The number of halogens is 1. The van der Waals surface area contributed by atoms with Gasteiger partial charge in [-0.1, -0.05) is 29.8 Å². The molecule has 0 amide bonds. The Labute approximate surface area is 108 Å². The Morgan fingerprint density at radius 3 is 2.50 bits per heavy atom. The van der Waals surface area contributed by atoms with Gasteiger partial charge in [-0.25, -0.2) is 4.39 Å². The van der Waals surface area contributed by atoms with Gasteiger partial charge in [0.15, 0.2) is 0 Å². The van der Waals surface area contributed by atoms with Gasteiger partial charge >= 0.3 is 0 Å². The van der Waals surface area contributed by atoms with E-state index in [1.807, 2.05) is 19.2 Å². The summed E-state index contributed by atoms with van der Waals surface area (Å²) < 4.78 is 13.6. The third-order valence-corrected chi connectivity index (χ3v) is 3.11. The van der Waals surface area contributed by atoms with Crippen LogP contribution >= 0.6 is 0 Å². The van der Waals surface area contributed by atoms with E-state index < -0.39 is 0 Å². The number of hydrogen-bond donors (Lipinski definition) is 1. The molecule has 0 heterocycles. The minimum atomic E-state index is -0.155. The highest BCUT2D eigenvalue weighted by atomic mass is 19.1. The molecule has 0 unspecified atom stereocenters. The van der Waals surface area contributed by atoms with Gasteiger partial charge in [0, 0.05) is 12.1 Å². The highest BCUT2D eigenvalue weighted by molar-refractivity contribution is 5.68. The van der Waals surface area contributed by atoms with Gasteiger partial charge in [0.05, 0.1) is 0 Å². The molecular weight excluding hydrogens is 225 g/mol. The standard InChI is InChI=1S/C16H18FN/c1-11-4-6-15(12(2)8-11)13-5-7-16(17)14(9-13)10-18-3/h4-9,18H,10H2,1-3H3. The highest BCUT2D eigenvalue weighted by Crippen LogP contribution is 2.26. The minimum Gasteiger partial charge on any atom is -0.316 e. The summed E-state index contributed by atoms with van der Waals surface area (Å²) in [6, 6.07) is 11.6. The third kappa shape index (κ3) is 2.59. The van der Waals surface area contributed by atoms with E-state index in [1.165, 1.54) is 11.1 Å². The van der Waals surface area contributed by atoms with Crippen LogP contribution in [-0.4, -0.2) is 7.05 Å². The predicted molar refractivity (Wildman–Crippen MR) is 74.1 cm³/mol. The molecule has 0 aliphatic rings. The van der Waals surface area contributed by atoms with Crippen molar-refractivity contribution in [3.63, 3.8) is 0 Å². The van der Waals surface area contributed by atoms with Crippen molar-refractivity contribution in [1.29, 1.82) is 0 Å². The van der Waals surface area contributed by atoms with E-state index >= 15 is 0 Å². The molecule has 2 heteroatoms. The number of hydrogen-bond acceptors (Lipinski definition) is 1. The Morgan fingerprint density at radius 1 is 1.06 bits per heavy atom. The zero-order chi connectivity index (χ0) is 13.1. The third-order valence-electron chi connectivity index (χ3n) is 3.11. The van der Waals surface area contributed by atoms with Gasteiger partial charge in [0.2, 0.25) is 0 Å². The number of benzene rings is 2. The van der Waals surface area contributed by atoms with Crippen molar-refractivity contribution >= 4 is 0 Å². The van der Waals surface area contributed by atoms with Crippen LogP contribution in [0.1, 0.15) is 16.7 Å². The van der Waals surface area contributed by atoms with Gasteiger partial charge in [0.1, 0.15) is 5.82 Å². The van der Waals surface area contributed by atoms with Crippen LogP contribution in [0.25, 0.3) is 11.1 Å². The molecule has 0 radical (unpaired) electrons. The van der Waals surface area contributed by atoms with E-state index in [1.54, 1.807) is 6.07 Å². The van der Waals surface area contributed by atoms with Crippen molar-refractivity contribution in [3.8, 4) is 11.1 Å². The molecule has 0 bridgehead atoms. The maximum Gasteiger partial charge on any atom is 0.127 e. The van der Waals surface area contributed by atoms with Crippen molar-refractivity contribution in [1.82, 2.24) is 5.32 Å². The van der Waals surface area contributed by atoms with Gasteiger partial charge < -0.3 is 5.32 Å². The van der Waals surface area contributed by atoms with Gasteiger partial charge in [-0.05, 0) is 49.7 Å². The number of nitrogens with one attached hydrogen (secondary N) is 1. The molecule has 0 atom stereocenters. The zero-order valence-electron chi connectivity index (χ0n) is 11.0. The first kappa shape index (κ1) is 12.8. The first-order chi connectivity index (χ1) is 8.61. The first-order valence-corrected chi connectivity index (χ1v) is 6.12. The van der Waals surface area contributed by atoms with E-state index in [0.717, 1.165) is 11.1 Å². The molecule has 1 N–H and O–H groups in total. The van der Waals surface area contributed by atoms with Crippen molar-refractivity contribution in [3.05, 3.63) is 58.9 Å². The highest BCUT2D eigenvalue weighted by Gasteiger charge is 2.06. The molecule has 1 nitrogen and oxygen atoms in total. The SMILES string of the molecule is CNCc1cc(-c2ccc(C)cc2C)ccc1F. The fraction of sp³-hybridized carbons (Fsp3) is 0.250. The summed E-state index contributed by atoms with van der Waals surface area (Å²) in [4.78, 5) is 0. The van der Waals surface area contributed by atoms with Crippen LogP contribution in [-0.2, 0) is 6.54 Å². The molecule has 0 saturated heterocycles. The molecule has 2 rings (SSSR count). The van der Waals surface area contributed by atoms with E-state index in [4.69, 9.17) is 0 Å². The smallest absolute Gasteiger partial charge is 0.127 e. The molecule has 2 aromatic rings. The number of rotatable bonds is 3. The fourth-order valence-corrected chi connectivity index (χ4v) is 2.21. The molecule has 0 saturated carbocycles. The monoisotopic (exact) mass is 243 g/mol. The molecule has 94 valence electrons. The second kappa shape index (κ2) is 5.32. The van der Waals surface area contributed by atoms with Crippen LogP contribution in [0.5, 0.6) is 0 Å². The summed E-state index contributed by atoms with van der Waals surface area (Å²) in [6.07, 6.45) is 0. The normalized spacial score (nSPS) is 10.7. The van der Waals surface area contributed by atoms with E-state index in [2.05, 4.69) is 37.4 Å². The predicted octanol–water partition coefficient (Wildman–Crippen LogP) is 3.83. The van der Waals surface area contributed by atoms with Gasteiger partial charge in [-0.3, -0.25) is 0 Å². The summed E-state index contributed by atoms with van der Waals surface area (Å²) in [5.41, 5.74) is 5.40. The second-order valence-electron chi connectivity index (χ2n) is 4.65. The van der Waals surface area contributed by atoms with Crippen molar-refractivity contribution in [2.45, 2.75) is 20.4 Å². The average Bonchev–Trinajstić information content (AvgIpc) is 2.33. The molecule has 0 spiro atoms. The molecule has 0 aromatic heterocycles. The van der Waals surface area contributed by atoms with Gasteiger partial charge in [0.25, 0.3) is 0 Å². The van der Waals surface area contributed by atoms with E-state index in [0.29, 0.717) is 12.1 Å². The largest absolute Gasteiger partial charge is 0.316 e. The Bertz CT molecular complexity index is 561. The Morgan fingerprint density at radius 2 is 1.83 bits per heavy atom. The van der Waals surface area contributed by atoms with Crippen LogP contribution in [0.2, 0.25) is 0 Å². The maximum absolute atomic E-state index is 13.6. The molecular formula is C16H18FN. The van der Waals surface area contributed by atoms with Crippen molar-refractivity contribution in [2.24, 2.45) is 0 Å². The van der Waals surface area contributed by atoms with Crippen LogP contribution in [0.3, 0.4) is 0 Å². The molecule has 0 aliphatic carbocycles. The van der Waals surface area contributed by atoms with Gasteiger partial charge in [-0.15, -0.1) is 0 Å².